The summed E-state index contributed by atoms with van der Waals surface area (Å²) in [4.78, 5) is 4.04. The summed E-state index contributed by atoms with van der Waals surface area (Å²) in [6, 6.07) is 3.42. The van der Waals surface area contributed by atoms with E-state index in [1.54, 1.807) is 12.1 Å². The molecule has 0 saturated heterocycles. The molecule has 0 saturated carbocycles. The Morgan fingerprint density at radius 3 is 2.71 bits per heavy atom. The van der Waals surface area contributed by atoms with Gasteiger partial charge in [-0.05, 0) is 32.9 Å². The first-order valence-corrected chi connectivity index (χ1v) is 5.18. The van der Waals surface area contributed by atoms with Crippen molar-refractivity contribution in [3.05, 3.63) is 24.2 Å². The van der Waals surface area contributed by atoms with Crippen molar-refractivity contribution in [1.82, 2.24) is 5.32 Å². The number of nitrogens with zero attached hydrogens (tertiary/aromatic N) is 1. The van der Waals surface area contributed by atoms with Crippen LogP contribution in [-0.4, -0.2) is 23.1 Å². The minimum Gasteiger partial charge on any atom is -0.467 e. The van der Waals surface area contributed by atoms with Gasteiger partial charge in [-0.3, -0.25) is 4.99 Å². The molecule has 0 amide bonds. The predicted octanol–water partition coefficient (Wildman–Crippen LogP) is 1.63. The van der Waals surface area contributed by atoms with Gasteiger partial charge >= 0.3 is 0 Å². The summed E-state index contributed by atoms with van der Waals surface area (Å²) >= 11 is 0. The van der Waals surface area contributed by atoms with Gasteiger partial charge in [0.05, 0.1) is 12.8 Å². The molecule has 0 spiro atoms. The van der Waals surface area contributed by atoms with Crippen molar-refractivity contribution >= 4 is 29.9 Å². The molecule has 0 aliphatic rings. The first-order chi connectivity index (χ1) is 7.38. The smallest absolute Gasteiger partial charge is 0.189 e. The molecular formula is C11H20IN3O2. The summed E-state index contributed by atoms with van der Waals surface area (Å²) < 4.78 is 5.05. The van der Waals surface area contributed by atoms with Gasteiger partial charge in [-0.1, -0.05) is 0 Å². The fraction of sp³-hybridized carbons (Fsp3) is 0.545. The summed E-state index contributed by atoms with van der Waals surface area (Å²) in [5, 5.41) is 12.7. The largest absolute Gasteiger partial charge is 0.467 e. The van der Waals surface area contributed by atoms with Crippen molar-refractivity contribution in [2.45, 2.75) is 32.4 Å². The Morgan fingerprint density at radius 1 is 1.59 bits per heavy atom. The molecule has 1 unspecified atom stereocenters. The number of nitrogens with one attached hydrogen (secondary N) is 1. The van der Waals surface area contributed by atoms with Crippen molar-refractivity contribution in [3.8, 4) is 0 Å². The highest BCUT2D eigenvalue weighted by Crippen LogP contribution is 2.12. The van der Waals surface area contributed by atoms with Crippen LogP contribution in [0.5, 0.6) is 0 Å². The van der Waals surface area contributed by atoms with Crippen LogP contribution in [0.25, 0.3) is 0 Å². The molecular weight excluding hydrogens is 333 g/mol. The van der Waals surface area contributed by atoms with Gasteiger partial charge in [0, 0.05) is 5.54 Å². The molecule has 17 heavy (non-hydrogen) atoms. The van der Waals surface area contributed by atoms with Gasteiger partial charge in [0.1, 0.15) is 11.9 Å². The Morgan fingerprint density at radius 2 is 2.24 bits per heavy atom. The number of furan rings is 1. The molecule has 1 rings (SSSR count). The second-order valence-electron chi connectivity index (χ2n) is 4.63. The third-order valence-corrected chi connectivity index (χ3v) is 1.81. The first-order valence-electron chi connectivity index (χ1n) is 5.18. The second kappa shape index (κ2) is 6.85. The number of aliphatic hydroxyl groups excluding tert-OH is 1. The van der Waals surface area contributed by atoms with Crippen LogP contribution >= 0.6 is 24.0 Å². The molecule has 98 valence electrons. The maximum absolute atomic E-state index is 9.67. The molecule has 0 radical (unpaired) electrons. The lowest BCUT2D eigenvalue weighted by Gasteiger charge is -2.21. The van der Waals surface area contributed by atoms with Crippen LogP contribution in [0.15, 0.2) is 27.8 Å². The number of hydrogen-bond donors (Lipinski definition) is 3. The third kappa shape index (κ3) is 6.52. The van der Waals surface area contributed by atoms with Crippen molar-refractivity contribution in [2.75, 3.05) is 6.54 Å². The Hall–Kier alpha value is -0.760. The fourth-order valence-corrected chi connectivity index (χ4v) is 1.18. The van der Waals surface area contributed by atoms with Gasteiger partial charge in [-0.15, -0.1) is 24.0 Å². The molecule has 5 nitrogen and oxygen atoms in total. The number of guanidine groups is 1. The van der Waals surface area contributed by atoms with Gasteiger partial charge in [0.2, 0.25) is 0 Å². The monoisotopic (exact) mass is 353 g/mol. The van der Waals surface area contributed by atoms with E-state index in [0.717, 1.165) is 0 Å². The quantitative estimate of drug-likeness (QED) is 0.438. The van der Waals surface area contributed by atoms with Crippen LogP contribution in [0.1, 0.15) is 32.6 Å². The molecule has 1 aromatic heterocycles. The number of hydrogen-bond acceptors (Lipinski definition) is 3. The third-order valence-electron chi connectivity index (χ3n) is 1.81. The maximum atomic E-state index is 9.67. The number of halogens is 1. The zero-order valence-electron chi connectivity index (χ0n) is 10.3. The summed E-state index contributed by atoms with van der Waals surface area (Å²) in [5.74, 6) is 0.811. The second-order valence-corrected chi connectivity index (χ2v) is 4.63. The van der Waals surface area contributed by atoms with E-state index in [9.17, 15) is 5.11 Å². The predicted molar refractivity (Wildman–Crippen MR) is 78.5 cm³/mol. The van der Waals surface area contributed by atoms with Gasteiger partial charge in [-0.2, -0.15) is 0 Å². The Balaban J connectivity index is 0.00000256. The van der Waals surface area contributed by atoms with Crippen molar-refractivity contribution in [2.24, 2.45) is 10.7 Å². The SMILES string of the molecule is CC(C)(C)NC(N)=NCC(O)c1ccco1.I. The average molecular weight is 353 g/mol. The molecule has 0 aliphatic carbocycles. The Kier molecular flexibility index (Phi) is 6.54. The number of nitrogens with two attached hydrogens (primary N) is 1. The lowest BCUT2D eigenvalue weighted by atomic mass is 10.1. The highest BCUT2D eigenvalue weighted by atomic mass is 127. The van der Waals surface area contributed by atoms with Crippen LogP contribution in [0.4, 0.5) is 0 Å². The minimum absolute atomic E-state index is 0. The van der Waals surface area contributed by atoms with E-state index in [1.165, 1.54) is 6.26 Å². The van der Waals surface area contributed by atoms with Crippen LogP contribution in [0.2, 0.25) is 0 Å². The summed E-state index contributed by atoms with van der Waals surface area (Å²) in [6.45, 7) is 6.14. The zero-order valence-corrected chi connectivity index (χ0v) is 12.6. The van der Waals surface area contributed by atoms with E-state index >= 15 is 0 Å². The highest BCUT2D eigenvalue weighted by Gasteiger charge is 2.12. The molecule has 1 heterocycles. The van der Waals surface area contributed by atoms with Crippen LogP contribution in [0, 0.1) is 0 Å². The normalized spacial score (nSPS) is 14.0. The first kappa shape index (κ1) is 16.2. The summed E-state index contributed by atoms with van der Waals surface area (Å²) in [7, 11) is 0. The van der Waals surface area contributed by atoms with Gasteiger partial charge < -0.3 is 20.6 Å². The maximum Gasteiger partial charge on any atom is 0.189 e. The van der Waals surface area contributed by atoms with E-state index in [-0.39, 0.29) is 36.1 Å². The Bertz CT molecular complexity index is 344. The number of aliphatic hydroxyl groups is 1. The Labute approximate surface area is 119 Å². The lowest BCUT2D eigenvalue weighted by molar-refractivity contribution is 0.158. The molecule has 6 heteroatoms. The summed E-state index contributed by atoms with van der Waals surface area (Å²) in [5.41, 5.74) is 5.52. The molecule has 4 N–H and O–H groups in total. The van der Waals surface area contributed by atoms with Gasteiger partial charge in [0.15, 0.2) is 5.96 Å². The molecule has 1 aromatic rings. The highest BCUT2D eigenvalue weighted by molar-refractivity contribution is 14.0. The van der Waals surface area contributed by atoms with Crippen molar-refractivity contribution in [1.29, 1.82) is 0 Å². The molecule has 1 atom stereocenters. The fourth-order valence-electron chi connectivity index (χ4n) is 1.18. The van der Waals surface area contributed by atoms with Gasteiger partial charge in [-0.25, -0.2) is 0 Å². The van der Waals surface area contributed by atoms with Crippen LogP contribution < -0.4 is 11.1 Å². The minimum atomic E-state index is -0.754. The summed E-state index contributed by atoms with van der Waals surface area (Å²) in [6.07, 6.45) is 0.759. The van der Waals surface area contributed by atoms with Crippen LogP contribution in [0.3, 0.4) is 0 Å². The van der Waals surface area contributed by atoms with Crippen molar-refractivity contribution in [3.63, 3.8) is 0 Å². The molecule has 0 aromatic carbocycles. The lowest BCUT2D eigenvalue weighted by Crippen LogP contribution is -2.45. The zero-order chi connectivity index (χ0) is 12.2. The standard InChI is InChI=1S/C11H19N3O2.HI/c1-11(2,3)14-10(12)13-7-8(15)9-5-4-6-16-9;/h4-6,8,15H,7H2,1-3H3,(H3,12,13,14);1H. The van der Waals surface area contributed by atoms with Crippen LogP contribution in [-0.2, 0) is 0 Å². The topological polar surface area (TPSA) is 83.8 Å². The average Bonchev–Trinajstić information content (AvgIpc) is 2.64. The molecule has 0 aliphatic heterocycles. The van der Waals surface area contributed by atoms with E-state index in [2.05, 4.69) is 10.3 Å². The van der Waals surface area contributed by atoms with E-state index in [1.807, 2.05) is 20.8 Å². The number of rotatable bonds is 3. The van der Waals surface area contributed by atoms with Crippen molar-refractivity contribution < 1.29 is 9.52 Å². The number of aliphatic imine (C=N–C) groups is 1. The van der Waals surface area contributed by atoms with E-state index in [0.29, 0.717) is 11.7 Å². The molecule has 0 bridgehead atoms. The van der Waals surface area contributed by atoms with Gasteiger partial charge in [0.25, 0.3) is 0 Å². The van der Waals surface area contributed by atoms with E-state index < -0.39 is 6.10 Å². The molecule has 0 fully saturated rings. The van der Waals surface area contributed by atoms with E-state index in [4.69, 9.17) is 10.2 Å².